The van der Waals surface area contributed by atoms with Gasteiger partial charge < -0.3 is 4.74 Å². The highest BCUT2D eigenvalue weighted by Crippen LogP contribution is 2.59. The Labute approximate surface area is 128 Å². The topological polar surface area (TPSA) is 26.3 Å². The lowest BCUT2D eigenvalue weighted by atomic mass is 10.1. The van der Waals surface area contributed by atoms with E-state index in [9.17, 15) is 4.79 Å². The molecule has 0 radical (unpaired) electrons. The van der Waals surface area contributed by atoms with Crippen LogP contribution in [0, 0.1) is 31.1 Å². The highest BCUT2D eigenvalue weighted by molar-refractivity contribution is 5.78. The highest BCUT2D eigenvalue weighted by Gasteiger charge is 2.61. The monoisotopic (exact) mass is 286 g/mol. The van der Waals surface area contributed by atoms with E-state index in [0.29, 0.717) is 12.5 Å². The lowest BCUT2D eigenvalue weighted by Gasteiger charge is -2.09. The Hall–Kier alpha value is -1.57. The zero-order valence-electron chi connectivity index (χ0n) is 14.0. The molecule has 0 bridgehead atoms. The maximum Gasteiger partial charge on any atom is 0.310 e. The molecule has 2 rings (SSSR count). The number of esters is 1. The van der Waals surface area contributed by atoms with E-state index in [1.165, 1.54) is 16.7 Å². The van der Waals surface area contributed by atoms with E-state index >= 15 is 0 Å². The van der Waals surface area contributed by atoms with E-state index in [1.54, 1.807) is 0 Å². The zero-order valence-corrected chi connectivity index (χ0v) is 14.0. The molecule has 1 aromatic carbocycles. The van der Waals surface area contributed by atoms with Crippen LogP contribution in [0.5, 0.6) is 0 Å². The second kappa shape index (κ2) is 5.67. The Morgan fingerprint density at radius 2 is 1.95 bits per heavy atom. The Morgan fingerprint density at radius 1 is 1.29 bits per heavy atom. The van der Waals surface area contributed by atoms with Gasteiger partial charge in [0.05, 0.1) is 5.92 Å². The first-order valence-corrected chi connectivity index (χ1v) is 7.61. The van der Waals surface area contributed by atoms with Gasteiger partial charge in [-0.25, -0.2) is 0 Å². The van der Waals surface area contributed by atoms with Crippen LogP contribution in [0.15, 0.2) is 29.8 Å². The smallest absolute Gasteiger partial charge is 0.310 e. The Kier molecular flexibility index (Phi) is 4.27. The first-order chi connectivity index (χ1) is 9.73. The second-order valence-electron chi connectivity index (χ2n) is 7.11. The lowest BCUT2D eigenvalue weighted by Crippen LogP contribution is -2.11. The Bertz CT molecular complexity index is 577. The minimum Gasteiger partial charge on any atom is -0.461 e. The van der Waals surface area contributed by atoms with Crippen molar-refractivity contribution in [1.29, 1.82) is 0 Å². The molecule has 1 aliphatic carbocycles. The first-order valence-electron chi connectivity index (χ1n) is 7.61. The van der Waals surface area contributed by atoms with E-state index in [0.717, 1.165) is 5.56 Å². The van der Waals surface area contributed by atoms with Gasteiger partial charge in [-0.3, -0.25) is 4.79 Å². The summed E-state index contributed by atoms with van der Waals surface area (Å²) in [7, 11) is 0. The van der Waals surface area contributed by atoms with Crippen LogP contribution in [0.25, 0.3) is 0 Å². The van der Waals surface area contributed by atoms with Gasteiger partial charge in [-0.15, -0.1) is 0 Å². The van der Waals surface area contributed by atoms with Crippen LogP contribution >= 0.6 is 0 Å². The standard InChI is InChI=1S/C19H26O2/c1-12(2)9-16-17(19(16,5)6)18(20)21-11-15-10-13(3)7-8-14(15)4/h7-10,16-17H,11H2,1-6H3. The molecule has 0 spiro atoms. The normalized spacial score (nSPS) is 22.6. The highest BCUT2D eigenvalue weighted by atomic mass is 16.5. The summed E-state index contributed by atoms with van der Waals surface area (Å²) in [5.74, 6) is 0.245. The van der Waals surface area contributed by atoms with Crippen molar-refractivity contribution in [3.05, 3.63) is 46.5 Å². The molecule has 1 saturated carbocycles. The third-order valence-electron chi connectivity index (χ3n) is 4.55. The van der Waals surface area contributed by atoms with Gasteiger partial charge >= 0.3 is 5.97 Å². The molecule has 114 valence electrons. The van der Waals surface area contributed by atoms with Crippen LogP contribution in [0.2, 0.25) is 0 Å². The summed E-state index contributed by atoms with van der Waals surface area (Å²) in [5, 5.41) is 0. The molecule has 2 nitrogen and oxygen atoms in total. The molecule has 2 atom stereocenters. The number of aryl methyl sites for hydroxylation is 2. The van der Waals surface area contributed by atoms with Gasteiger partial charge in [-0.1, -0.05) is 49.3 Å². The summed E-state index contributed by atoms with van der Waals surface area (Å²) in [5.41, 5.74) is 4.75. The fraction of sp³-hybridized carbons (Fsp3) is 0.526. The summed E-state index contributed by atoms with van der Waals surface area (Å²) in [4.78, 5) is 12.3. The van der Waals surface area contributed by atoms with Crippen LogP contribution in [0.1, 0.15) is 44.4 Å². The molecule has 0 aromatic heterocycles. The van der Waals surface area contributed by atoms with E-state index in [4.69, 9.17) is 4.74 Å². The molecule has 0 amide bonds. The van der Waals surface area contributed by atoms with Crippen molar-refractivity contribution in [2.45, 2.75) is 48.1 Å². The maximum absolute atomic E-state index is 12.3. The number of rotatable bonds is 4. The van der Waals surface area contributed by atoms with Crippen molar-refractivity contribution in [2.24, 2.45) is 17.3 Å². The molecule has 0 saturated heterocycles. The molecule has 0 aliphatic heterocycles. The average Bonchev–Trinajstić information content (AvgIpc) is 2.90. The third-order valence-corrected chi connectivity index (χ3v) is 4.55. The number of ether oxygens (including phenoxy) is 1. The van der Waals surface area contributed by atoms with Crippen LogP contribution in [-0.4, -0.2) is 5.97 Å². The SMILES string of the molecule is CC(C)=CC1C(C(=O)OCc2cc(C)ccc2C)C1(C)C. The molecular formula is C19H26O2. The summed E-state index contributed by atoms with van der Waals surface area (Å²) in [6.07, 6.45) is 2.20. The van der Waals surface area contributed by atoms with Crippen LogP contribution in [0.3, 0.4) is 0 Å². The van der Waals surface area contributed by atoms with Crippen LogP contribution < -0.4 is 0 Å². The minimum absolute atomic E-state index is 0.00230. The van der Waals surface area contributed by atoms with Crippen molar-refractivity contribution in [3.63, 3.8) is 0 Å². The van der Waals surface area contributed by atoms with Crippen molar-refractivity contribution in [1.82, 2.24) is 0 Å². The molecule has 1 fully saturated rings. The number of hydrogen-bond donors (Lipinski definition) is 0. The molecule has 1 aromatic rings. The number of hydrogen-bond acceptors (Lipinski definition) is 2. The molecule has 21 heavy (non-hydrogen) atoms. The van der Waals surface area contributed by atoms with Crippen molar-refractivity contribution in [3.8, 4) is 0 Å². The zero-order chi connectivity index (χ0) is 15.8. The summed E-state index contributed by atoms with van der Waals surface area (Å²) in [6.45, 7) is 12.9. The van der Waals surface area contributed by atoms with Gasteiger partial charge in [0.2, 0.25) is 0 Å². The van der Waals surface area contributed by atoms with Gasteiger partial charge in [-0.2, -0.15) is 0 Å². The number of benzene rings is 1. The van der Waals surface area contributed by atoms with Gasteiger partial charge in [0.25, 0.3) is 0 Å². The summed E-state index contributed by atoms with van der Waals surface area (Å²) >= 11 is 0. The average molecular weight is 286 g/mol. The molecule has 2 unspecified atom stereocenters. The molecule has 2 heteroatoms. The van der Waals surface area contributed by atoms with Crippen molar-refractivity contribution >= 4 is 5.97 Å². The molecule has 0 heterocycles. The molecule has 1 aliphatic rings. The van der Waals surface area contributed by atoms with Crippen molar-refractivity contribution < 1.29 is 9.53 Å². The largest absolute Gasteiger partial charge is 0.461 e. The third kappa shape index (κ3) is 3.37. The quantitative estimate of drug-likeness (QED) is 0.598. The van der Waals surface area contributed by atoms with Gasteiger partial charge in [0.15, 0.2) is 0 Å². The molecular weight excluding hydrogens is 260 g/mol. The van der Waals surface area contributed by atoms with Gasteiger partial charge in [0, 0.05) is 0 Å². The number of carbonyl (C=O) groups excluding carboxylic acids is 1. The predicted molar refractivity (Wildman–Crippen MR) is 85.9 cm³/mol. The maximum atomic E-state index is 12.3. The predicted octanol–water partition coefficient (Wildman–Crippen LogP) is 4.59. The summed E-state index contributed by atoms with van der Waals surface area (Å²) in [6, 6.07) is 6.25. The molecule has 0 N–H and O–H groups in total. The minimum atomic E-state index is -0.0663. The van der Waals surface area contributed by atoms with Crippen molar-refractivity contribution in [2.75, 3.05) is 0 Å². The van der Waals surface area contributed by atoms with Crippen LogP contribution in [0.4, 0.5) is 0 Å². The fourth-order valence-corrected chi connectivity index (χ4v) is 2.99. The lowest BCUT2D eigenvalue weighted by molar-refractivity contribution is -0.147. The van der Waals surface area contributed by atoms with Gasteiger partial charge in [-0.05, 0) is 50.2 Å². The van der Waals surface area contributed by atoms with E-state index in [1.807, 2.05) is 0 Å². The van der Waals surface area contributed by atoms with Crippen LogP contribution in [-0.2, 0) is 16.1 Å². The number of carbonyl (C=O) groups is 1. The first kappa shape index (κ1) is 15.8. The van der Waals surface area contributed by atoms with E-state index in [-0.39, 0.29) is 17.3 Å². The Balaban J connectivity index is 2.00. The summed E-state index contributed by atoms with van der Waals surface area (Å²) < 4.78 is 5.57. The Morgan fingerprint density at radius 3 is 2.57 bits per heavy atom. The van der Waals surface area contributed by atoms with E-state index < -0.39 is 0 Å². The fourth-order valence-electron chi connectivity index (χ4n) is 2.99. The number of allylic oxidation sites excluding steroid dienone is 2. The van der Waals surface area contributed by atoms with E-state index in [2.05, 4.69) is 65.8 Å². The van der Waals surface area contributed by atoms with Gasteiger partial charge in [0.1, 0.15) is 6.61 Å². The second-order valence-corrected chi connectivity index (χ2v) is 7.11.